The molecule has 1 fully saturated rings. The first-order valence-electron chi connectivity index (χ1n) is 9.47. The highest BCUT2D eigenvalue weighted by Crippen LogP contribution is 2.24. The average molecular weight is 413 g/mol. The van der Waals surface area contributed by atoms with Crippen LogP contribution in [0.5, 0.6) is 0 Å². The van der Waals surface area contributed by atoms with Crippen LogP contribution in [-0.2, 0) is 16.8 Å². The SMILES string of the molecule is CC[C@@H](CO)Nc1nc(N[C@H]2CCN(S(=O)(=O)NC)C2)c2ncn(CC)c2n1. The predicted octanol–water partition coefficient (Wildman–Crippen LogP) is -0.0206. The minimum Gasteiger partial charge on any atom is -0.394 e. The van der Waals surface area contributed by atoms with Crippen molar-refractivity contribution < 1.29 is 13.5 Å². The molecule has 3 rings (SSSR count). The molecule has 1 aliphatic rings. The topological polar surface area (TPSA) is 137 Å². The van der Waals surface area contributed by atoms with Gasteiger partial charge in [-0.1, -0.05) is 6.92 Å². The number of hydrogen-bond acceptors (Lipinski definition) is 8. The van der Waals surface area contributed by atoms with Crippen LogP contribution in [0.2, 0.25) is 0 Å². The fourth-order valence-electron chi connectivity index (χ4n) is 3.19. The van der Waals surface area contributed by atoms with E-state index < -0.39 is 10.2 Å². The van der Waals surface area contributed by atoms with Gasteiger partial charge in [-0.3, -0.25) is 0 Å². The van der Waals surface area contributed by atoms with E-state index in [0.717, 1.165) is 6.42 Å². The standard InChI is InChI=1S/C16H28N8O3S/c1-4-11(9-25)20-16-21-14(13-15(22-16)23(5-2)10-18-13)19-12-6-7-24(8-12)28(26,27)17-3/h10-12,17,25H,4-9H2,1-3H3,(H2,19,20,21,22)/t11-,12-/m0/s1. The maximum absolute atomic E-state index is 12.0. The Labute approximate surface area is 164 Å². The van der Waals surface area contributed by atoms with Crippen LogP contribution in [0, 0.1) is 0 Å². The molecule has 1 aliphatic heterocycles. The number of nitrogens with one attached hydrogen (secondary N) is 3. The molecule has 2 aromatic rings. The van der Waals surface area contributed by atoms with E-state index >= 15 is 0 Å². The van der Waals surface area contributed by atoms with Gasteiger partial charge in [0.25, 0.3) is 10.2 Å². The highest BCUT2D eigenvalue weighted by Gasteiger charge is 2.31. The van der Waals surface area contributed by atoms with Gasteiger partial charge in [-0.2, -0.15) is 22.7 Å². The van der Waals surface area contributed by atoms with Crippen molar-refractivity contribution in [2.45, 2.75) is 45.3 Å². The lowest BCUT2D eigenvalue weighted by Crippen LogP contribution is -2.38. The van der Waals surface area contributed by atoms with E-state index in [2.05, 4.69) is 30.3 Å². The Morgan fingerprint density at radius 1 is 1.36 bits per heavy atom. The van der Waals surface area contributed by atoms with Gasteiger partial charge in [0.05, 0.1) is 19.0 Å². The van der Waals surface area contributed by atoms with E-state index in [0.29, 0.717) is 49.0 Å². The average Bonchev–Trinajstić information content (AvgIpc) is 3.33. The molecule has 28 heavy (non-hydrogen) atoms. The van der Waals surface area contributed by atoms with Crippen LogP contribution in [0.1, 0.15) is 26.7 Å². The lowest BCUT2D eigenvalue weighted by atomic mass is 10.2. The van der Waals surface area contributed by atoms with Crippen molar-refractivity contribution in [1.82, 2.24) is 28.5 Å². The van der Waals surface area contributed by atoms with Gasteiger partial charge in [0, 0.05) is 32.7 Å². The Hall–Kier alpha value is -2.02. The number of aryl methyl sites for hydroxylation is 1. The first-order chi connectivity index (χ1) is 13.4. The van der Waals surface area contributed by atoms with E-state index in [1.165, 1.54) is 11.4 Å². The van der Waals surface area contributed by atoms with Crippen molar-refractivity contribution in [3.63, 3.8) is 0 Å². The Bertz CT molecular complexity index is 912. The molecule has 2 atom stereocenters. The molecule has 0 amide bonds. The highest BCUT2D eigenvalue weighted by atomic mass is 32.2. The summed E-state index contributed by atoms with van der Waals surface area (Å²) in [7, 11) is -2.04. The quantitative estimate of drug-likeness (QED) is 0.451. The Morgan fingerprint density at radius 2 is 2.14 bits per heavy atom. The second-order valence-corrected chi connectivity index (χ2v) is 8.60. The molecule has 1 saturated heterocycles. The summed E-state index contributed by atoms with van der Waals surface area (Å²) in [5, 5.41) is 16.0. The van der Waals surface area contributed by atoms with Crippen molar-refractivity contribution in [2.75, 3.05) is 37.4 Å². The van der Waals surface area contributed by atoms with Crippen molar-refractivity contribution in [2.24, 2.45) is 0 Å². The minimum atomic E-state index is -3.45. The summed E-state index contributed by atoms with van der Waals surface area (Å²) in [4.78, 5) is 13.5. The van der Waals surface area contributed by atoms with Gasteiger partial charge in [-0.15, -0.1) is 0 Å². The molecule has 11 nitrogen and oxygen atoms in total. The predicted molar refractivity (Wildman–Crippen MR) is 107 cm³/mol. The smallest absolute Gasteiger partial charge is 0.279 e. The molecule has 4 N–H and O–H groups in total. The number of nitrogens with zero attached hydrogens (tertiary/aromatic N) is 5. The second kappa shape index (κ2) is 8.55. The third-order valence-corrected chi connectivity index (χ3v) is 6.47. The zero-order valence-electron chi connectivity index (χ0n) is 16.4. The first-order valence-corrected chi connectivity index (χ1v) is 10.9. The highest BCUT2D eigenvalue weighted by molar-refractivity contribution is 7.87. The molecule has 0 spiro atoms. The van der Waals surface area contributed by atoms with Crippen LogP contribution < -0.4 is 15.4 Å². The van der Waals surface area contributed by atoms with Gasteiger partial charge in [0.2, 0.25) is 5.95 Å². The number of imidazole rings is 1. The van der Waals surface area contributed by atoms with Crippen molar-refractivity contribution in [3.8, 4) is 0 Å². The third-order valence-electron chi connectivity index (χ3n) is 4.94. The third kappa shape index (κ3) is 4.19. The number of hydrogen-bond donors (Lipinski definition) is 4. The molecule has 0 aliphatic carbocycles. The Kier molecular flexibility index (Phi) is 6.33. The van der Waals surface area contributed by atoms with Crippen LogP contribution in [0.15, 0.2) is 6.33 Å². The maximum Gasteiger partial charge on any atom is 0.279 e. The van der Waals surface area contributed by atoms with Gasteiger partial charge >= 0.3 is 0 Å². The molecule has 3 heterocycles. The largest absolute Gasteiger partial charge is 0.394 e. The van der Waals surface area contributed by atoms with Crippen molar-refractivity contribution >= 4 is 33.1 Å². The summed E-state index contributed by atoms with van der Waals surface area (Å²) < 4.78 is 29.7. The monoisotopic (exact) mass is 412 g/mol. The van der Waals surface area contributed by atoms with Crippen LogP contribution in [0.25, 0.3) is 11.2 Å². The van der Waals surface area contributed by atoms with Crippen LogP contribution in [-0.4, -0.2) is 76.2 Å². The fourth-order valence-corrected chi connectivity index (χ4v) is 4.17. The Morgan fingerprint density at radius 3 is 2.79 bits per heavy atom. The van der Waals surface area contributed by atoms with Crippen LogP contribution in [0.4, 0.5) is 11.8 Å². The second-order valence-electron chi connectivity index (χ2n) is 6.73. The van der Waals surface area contributed by atoms with Crippen molar-refractivity contribution in [3.05, 3.63) is 6.33 Å². The van der Waals surface area contributed by atoms with Gasteiger partial charge in [0.1, 0.15) is 0 Å². The summed E-state index contributed by atoms with van der Waals surface area (Å²) in [5.41, 5.74) is 1.33. The molecule has 0 radical (unpaired) electrons. The molecule has 2 aromatic heterocycles. The summed E-state index contributed by atoms with van der Waals surface area (Å²) in [5.74, 6) is 0.963. The molecular weight excluding hydrogens is 384 g/mol. The molecule has 0 bridgehead atoms. The number of fused-ring (bicyclic) bond motifs is 1. The minimum absolute atomic E-state index is 0.0207. The molecule has 12 heteroatoms. The zero-order valence-corrected chi connectivity index (χ0v) is 17.2. The molecule has 156 valence electrons. The molecule has 0 unspecified atom stereocenters. The summed E-state index contributed by atoms with van der Waals surface area (Å²) in [6.07, 6.45) is 3.11. The zero-order chi connectivity index (χ0) is 20.3. The summed E-state index contributed by atoms with van der Waals surface area (Å²) >= 11 is 0. The van der Waals surface area contributed by atoms with E-state index in [9.17, 15) is 13.5 Å². The molecule has 0 aromatic carbocycles. The number of aliphatic hydroxyl groups is 1. The normalized spacial score (nSPS) is 19.2. The van der Waals surface area contributed by atoms with Gasteiger partial charge < -0.3 is 20.3 Å². The van der Waals surface area contributed by atoms with Crippen LogP contribution in [0.3, 0.4) is 0 Å². The lowest BCUT2D eigenvalue weighted by Gasteiger charge is -2.18. The van der Waals surface area contributed by atoms with Crippen LogP contribution >= 0.6 is 0 Å². The number of rotatable bonds is 9. The number of aliphatic hydroxyl groups excluding tert-OH is 1. The molecular formula is C16H28N8O3S. The van der Waals surface area contributed by atoms with E-state index in [1.54, 1.807) is 6.33 Å². The van der Waals surface area contributed by atoms with Gasteiger partial charge in [0.15, 0.2) is 17.0 Å². The van der Waals surface area contributed by atoms with E-state index in [1.807, 2.05) is 18.4 Å². The lowest BCUT2D eigenvalue weighted by molar-refractivity contribution is 0.271. The maximum atomic E-state index is 12.0. The van der Waals surface area contributed by atoms with E-state index in [4.69, 9.17) is 0 Å². The first kappa shape index (κ1) is 20.7. The van der Waals surface area contributed by atoms with E-state index in [-0.39, 0.29) is 18.7 Å². The molecule has 0 saturated carbocycles. The Balaban J connectivity index is 1.88. The fraction of sp³-hybridized carbons (Fsp3) is 0.688. The van der Waals surface area contributed by atoms with Gasteiger partial charge in [-0.05, 0) is 19.8 Å². The number of anilines is 2. The summed E-state index contributed by atoms with van der Waals surface area (Å²) in [6, 6.07) is -0.230. The van der Waals surface area contributed by atoms with Crippen molar-refractivity contribution in [1.29, 1.82) is 0 Å². The number of aromatic nitrogens is 4. The summed E-state index contributed by atoms with van der Waals surface area (Å²) in [6.45, 7) is 5.45. The van der Waals surface area contributed by atoms with Gasteiger partial charge in [-0.25, -0.2) is 9.71 Å².